The highest BCUT2D eigenvalue weighted by Crippen LogP contribution is 2.33. The van der Waals surface area contributed by atoms with Gasteiger partial charge in [-0.15, -0.1) is 0 Å². The van der Waals surface area contributed by atoms with Crippen LogP contribution in [0.5, 0.6) is 0 Å². The molecule has 4 rings (SSSR count). The molecule has 2 aliphatic rings. The van der Waals surface area contributed by atoms with E-state index in [0.29, 0.717) is 6.04 Å². The maximum atomic E-state index is 13.0. The molecule has 0 aliphatic carbocycles. The number of hydrogen-bond donors (Lipinski definition) is 1. The normalized spacial score (nSPS) is 23.0. The third-order valence-corrected chi connectivity index (χ3v) is 5.72. The Morgan fingerprint density at radius 3 is 2.62 bits per heavy atom. The number of nitrogens with one attached hydrogen (secondary N) is 1. The van der Waals surface area contributed by atoms with Gasteiger partial charge in [0, 0.05) is 37.3 Å². The molecule has 0 bridgehead atoms. The standard InChI is InChI=1S/C20H25F3N6/c1-13-4-3-8-29(13)18-11-16(14-6-9-28(2)12-14)25-19(27-18)26-17-10-15(5-7-24-17)20(21,22)23/h5,7,10-11,13-14H,3-4,6,8-9,12H2,1-2H3,(H,24,25,26,27). The minimum absolute atomic E-state index is 0.0842. The molecule has 2 saturated heterocycles. The van der Waals surface area contributed by atoms with Crippen LogP contribution < -0.4 is 10.2 Å². The zero-order chi connectivity index (χ0) is 20.6. The topological polar surface area (TPSA) is 57.2 Å². The molecule has 29 heavy (non-hydrogen) atoms. The second kappa shape index (κ2) is 7.78. The van der Waals surface area contributed by atoms with E-state index in [4.69, 9.17) is 0 Å². The summed E-state index contributed by atoms with van der Waals surface area (Å²) in [5, 5.41) is 2.90. The Labute approximate surface area is 168 Å². The molecule has 2 fully saturated rings. The fraction of sp³-hybridized carbons (Fsp3) is 0.550. The number of pyridine rings is 1. The average molecular weight is 406 g/mol. The predicted octanol–water partition coefficient (Wildman–Crippen LogP) is 4.04. The van der Waals surface area contributed by atoms with Gasteiger partial charge in [0.1, 0.15) is 11.6 Å². The molecule has 1 N–H and O–H groups in total. The number of rotatable bonds is 4. The molecule has 9 heteroatoms. The van der Waals surface area contributed by atoms with Gasteiger partial charge in [-0.3, -0.25) is 0 Å². The van der Waals surface area contributed by atoms with Gasteiger partial charge in [0.05, 0.1) is 11.3 Å². The van der Waals surface area contributed by atoms with E-state index in [1.807, 2.05) is 6.07 Å². The second-order valence-electron chi connectivity index (χ2n) is 7.96. The van der Waals surface area contributed by atoms with Gasteiger partial charge in [0.15, 0.2) is 0 Å². The third kappa shape index (κ3) is 4.44. The van der Waals surface area contributed by atoms with E-state index in [1.165, 1.54) is 0 Å². The van der Waals surface area contributed by atoms with Crippen LogP contribution >= 0.6 is 0 Å². The van der Waals surface area contributed by atoms with Crippen LogP contribution in [-0.4, -0.2) is 52.6 Å². The van der Waals surface area contributed by atoms with Crippen LogP contribution in [0.1, 0.15) is 43.4 Å². The molecule has 2 aromatic rings. The first-order valence-corrected chi connectivity index (χ1v) is 9.94. The molecule has 2 atom stereocenters. The number of halogens is 3. The molecule has 0 spiro atoms. The lowest BCUT2D eigenvalue weighted by molar-refractivity contribution is -0.137. The first kappa shape index (κ1) is 19.9. The van der Waals surface area contributed by atoms with Crippen LogP contribution in [0.25, 0.3) is 0 Å². The van der Waals surface area contributed by atoms with Crippen molar-refractivity contribution in [2.45, 2.75) is 44.3 Å². The number of likely N-dealkylation sites (N-methyl/N-ethyl adjacent to an activating group) is 1. The van der Waals surface area contributed by atoms with Crippen molar-refractivity contribution in [2.75, 3.05) is 36.9 Å². The number of alkyl halides is 3. The van der Waals surface area contributed by atoms with E-state index < -0.39 is 11.7 Å². The van der Waals surface area contributed by atoms with Gasteiger partial charge in [-0.1, -0.05) is 0 Å². The highest BCUT2D eigenvalue weighted by Gasteiger charge is 2.31. The lowest BCUT2D eigenvalue weighted by Crippen LogP contribution is -2.28. The fourth-order valence-electron chi connectivity index (χ4n) is 4.10. The molecule has 156 valence electrons. The summed E-state index contributed by atoms with van der Waals surface area (Å²) < 4.78 is 39.1. The van der Waals surface area contributed by atoms with E-state index in [0.717, 1.165) is 68.7 Å². The molecule has 4 heterocycles. The summed E-state index contributed by atoms with van der Waals surface area (Å²) in [6.45, 7) is 5.00. The second-order valence-corrected chi connectivity index (χ2v) is 7.96. The van der Waals surface area contributed by atoms with Crippen LogP contribution in [0.3, 0.4) is 0 Å². The highest BCUT2D eigenvalue weighted by atomic mass is 19.4. The average Bonchev–Trinajstić information content (AvgIpc) is 3.29. The van der Waals surface area contributed by atoms with Crippen molar-refractivity contribution >= 4 is 17.6 Å². The smallest absolute Gasteiger partial charge is 0.354 e. The van der Waals surface area contributed by atoms with Crippen LogP contribution in [0.2, 0.25) is 0 Å². The van der Waals surface area contributed by atoms with Crippen molar-refractivity contribution in [3.05, 3.63) is 35.7 Å². The zero-order valence-electron chi connectivity index (χ0n) is 16.6. The van der Waals surface area contributed by atoms with Crippen molar-refractivity contribution in [3.63, 3.8) is 0 Å². The summed E-state index contributed by atoms with van der Waals surface area (Å²) in [6, 6.07) is 4.35. The number of aromatic nitrogens is 3. The lowest BCUT2D eigenvalue weighted by atomic mass is 10.0. The van der Waals surface area contributed by atoms with Crippen LogP contribution in [0.15, 0.2) is 24.4 Å². The number of likely N-dealkylation sites (tertiary alicyclic amines) is 1. The van der Waals surface area contributed by atoms with Crippen LogP contribution in [-0.2, 0) is 6.18 Å². The number of anilines is 3. The quantitative estimate of drug-likeness (QED) is 0.827. The van der Waals surface area contributed by atoms with E-state index in [-0.39, 0.29) is 17.7 Å². The lowest BCUT2D eigenvalue weighted by Gasteiger charge is -2.24. The van der Waals surface area contributed by atoms with Crippen molar-refractivity contribution in [1.29, 1.82) is 0 Å². The summed E-state index contributed by atoms with van der Waals surface area (Å²) in [5.74, 6) is 1.48. The van der Waals surface area contributed by atoms with Gasteiger partial charge >= 0.3 is 6.18 Å². The first-order chi connectivity index (χ1) is 13.8. The Hall–Kier alpha value is -2.42. The molecular weight excluding hydrogens is 381 g/mol. The van der Waals surface area contributed by atoms with Gasteiger partial charge in [0.2, 0.25) is 5.95 Å². The molecule has 0 amide bonds. The third-order valence-electron chi connectivity index (χ3n) is 5.72. The number of nitrogens with zero attached hydrogens (tertiary/aromatic N) is 5. The van der Waals surface area contributed by atoms with E-state index in [2.05, 4.69) is 44.0 Å². The molecule has 6 nitrogen and oxygen atoms in total. The van der Waals surface area contributed by atoms with E-state index >= 15 is 0 Å². The van der Waals surface area contributed by atoms with Crippen molar-refractivity contribution < 1.29 is 13.2 Å². The Kier molecular flexibility index (Phi) is 5.33. The largest absolute Gasteiger partial charge is 0.416 e. The van der Waals surface area contributed by atoms with Crippen LogP contribution in [0.4, 0.5) is 30.8 Å². The summed E-state index contributed by atoms with van der Waals surface area (Å²) >= 11 is 0. The monoisotopic (exact) mass is 406 g/mol. The molecule has 0 saturated carbocycles. The molecule has 2 aliphatic heterocycles. The van der Waals surface area contributed by atoms with Gasteiger partial charge in [0.25, 0.3) is 0 Å². The Morgan fingerprint density at radius 2 is 1.97 bits per heavy atom. The molecule has 2 unspecified atom stereocenters. The Bertz CT molecular complexity index is 872. The maximum absolute atomic E-state index is 13.0. The maximum Gasteiger partial charge on any atom is 0.416 e. The Morgan fingerprint density at radius 1 is 1.14 bits per heavy atom. The van der Waals surface area contributed by atoms with Gasteiger partial charge in [-0.05, 0) is 51.9 Å². The molecule has 0 radical (unpaired) electrons. The van der Waals surface area contributed by atoms with Gasteiger partial charge < -0.3 is 15.1 Å². The summed E-state index contributed by atoms with van der Waals surface area (Å²) in [7, 11) is 2.08. The van der Waals surface area contributed by atoms with E-state index in [1.54, 1.807) is 0 Å². The molecule has 2 aromatic heterocycles. The van der Waals surface area contributed by atoms with E-state index in [9.17, 15) is 13.2 Å². The first-order valence-electron chi connectivity index (χ1n) is 9.94. The van der Waals surface area contributed by atoms with Gasteiger partial charge in [-0.25, -0.2) is 9.97 Å². The van der Waals surface area contributed by atoms with Crippen molar-refractivity contribution in [1.82, 2.24) is 19.9 Å². The SMILES string of the molecule is CC1CCCN1c1cc(C2CCN(C)C2)nc(Nc2cc(C(F)(F)F)ccn2)n1. The Balaban J connectivity index is 1.67. The van der Waals surface area contributed by atoms with Gasteiger partial charge in [-0.2, -0.15) is 18.2 Å². The predicted molar refractivity (Wildman–Crippen MR) is 105 cm³/mol. The zero-order valence-corrected chi connectivity index (χ0v) is 16.6. The summed E-state index contributed by atoms with van der Waals surface area (Å²) in [6.07, 6.45) is -0.0745. The molecular formula is C20H25F3N6. The minimum atomic E-state index is -4.42. The summed E-state index contributed by atoms with van der Waals surface area (Å²) in [4.78, 5) is 17.8. The van der Waals surface area contributed by atoms with Crippen molar-refractivity contribution in [3.8, 4) is 0 Å². The van der Waals surface area contributed by atoms with Crippen LogP contribution in [0, 0.1) is 0 Å². The van der Waals surface area contributed by atoms with Crippen molar-refractivity contribution in [2.24, 2.45) is 0 Å². The minimum Gasteiger partial charge on any atom is -0.354 e. The fourth-order valence-corrected chi connectivity index (χ4v) is 4.10. The highest BCUT2D eigenvalue weighted by molar-refractivity contribution is 5.54. The molecule has 0 aromatic carbocycles. The summed E-state index contributed by atoms with van der Waals surface area (Å²) in [5.41, 5.74) is 0.171. The number of hydrogen-bond acceptors (Lipinski definition) is 6.